The topological polar surface area (TPSA) is 35.2 Å². The fraction of sp³-hybridized carbons (Fsp3) is 0.267. The summed E-state index contributed by atoms with van der Waals surface area (Å²) in [5.41, 5.74) is 6.68. The molecule has 3 rings (SSSR count). The number of ether oxygens (including phenoxy) is 1. The summed E-state index contributed by atoms with van der Waals surface area (Å²) in [5.74, 6) is 0.940. The first-order chi connectivity index (χ1) is 8.75. The summed E-state index contributed by atoms with van der Waals surface area (Å²) in [6.45, 7) is 0. The third-order valence-corrected chi connectivity index (χ3v) is 3.72. The first-order valence-corrected chi connectivity index (χ1v) is 6.65. The largest absolute Gasteiger partial charge is 0.490 e. The molecule has 2 N–H and O–H groups in total. The second-order valence-electron chi connectivity index (χ2n) is 4.69. The minimum atomic E-state index is 0.379. The van der Waals surface area contributed by atoms with E-state index in [2.05, 4.69) is 6.07 Å². The number of fused-ring (bicyclic) bond motifs is 1. The summed E-state index contributed by atoms with van der Waals surface area (Å²) in [4.78, 5) is 0.432. The van der Waals surface area contributed by atoms with Crippen molar-refractivity contribution in [3.63, 3.8) is 0 Å². The van der Waals surface area contributed by atoms with Gasteiger partial charge in [0.05, 0.1) is 6.10 Å². The molecule has 0 aliphatic heterocycles. The molecule has 3 heteroatoms. The third-order valence-electron chi connectivity index (χ3n) is 3.50. The third kappa shape index (κ3) is 1.95. The molecule has 1 aliphatic carbocycles. The number of hydrogen-bond donors (Lipinski definition) is 1. The van der Waals surface area contributed by atoms with Gasteiger partial charge in [0, 0.05) is 10.9 Å². The number of benzene rings is 2. The van der Waals surface area contributed by atoms with Crippen LogP contribution >= 0.6 is 12.2 Å². The summed E-state index contributed by atoms with van der Waals surface area (Å²) < 4.78 is 6.01. The lowest BCUT2D eigenvalue weighted by molar-refractivity contribution is 0.122. The predicted molar refractivity (Wildman–Crippen MR) is 78.1 cm³/mol. The minimum Gasteiger partial charge on any atom is -0.490 e. The Hall–Kier alpha value is -1.61. The zero-order chi connectivity index (χ0) is 12.5. The van der Waals surface area contributed by atoms with E-state index in [1.165, 1.54) is 6.42 Å². The van der Waals surface area contributed by atoms with Crippen molar-refractivity contribution in [1.82, 2.24) is 0 Å². The van der Waals surface area contributed by atoms with Crippen LogP contribution in [0, 0.1) is 0 Å². The van der Waals surface area contributed by atoms with E-state index in [0.29, 0.717) is 11.1 Å². The highest BCUT2D eigenvalue weighted by molar-refractivity contribution is 7.80. The highest BCUT2D eigenvalue weighted by Crippen LogP contribution is 2.32. The van der Waals surface area contributed by atoms with Crippen molar-refractivity contribution in [2.24, 2.45) is 5.73 Å². The highest BCUT2D eigenvalue weighted by Gasteiger charge is 2.20. The van der Waals surface area contributed by atoms with Gasteiger partial charge in [0.15, 0.2) is 0 Å². The first-order valence-electron chi connectivity index (χ1n) is 6.24. The zero-order valence-corrected chi connectivity index (χ0v) is 10.9. The predicted octanol–water partition coefficient (Wildman–Crippen LogP) is 3.41. The van der Waals surface area contributed by atoms with Crippen LogP contribution in [0.25, 0.3) is 10.8 Å². The highest BCUT2D eigenvalue weighted by atomic mass is 32.1. The molecule has 18 heavy (non-hydrogen) atoms. The summed E-state index contributed by atoms with van der Waals surface area (Å²) in [5, 5.41) is 2.16. The Kier molecular flexibility index (Phi) is 2.92. The lowest BCUT2D eigenvalue weighted by Crippen LogP contribution is -2.24. The average molecular weight is 257 g/mol. The van der Waals surface area contributed by atoms with Gasteiger partial charge in [0.1, 0.15) is 10.7 Å². The maximum absolute atomic E-state index is 6.01. The molecule has 92 valence electrons. The van der Waals surface area contributed by atoms with Crippen LogP contribution in [0.15, 0.2) is 36.4 Å². The van der Waals surface area contributed by atoms with E-state index < -0.39 is 0 Å². The molecule has 2 aromatic carbocycles. The molecule has 0 aromatic heterocycles. The average Bonchev–Trinajstić information content (AvgIpc) is 2.33. The SMILES string of the molecule is NC(=S)c1ccc(OC2CCC2)c2ccccc12. The maximum Gasteiger partial charge on any atom is 0.127 e. The zero-order valence-electron chi connectivity index (χ0n) is 10.1. The van der Waals surface area contributed by atoms with Crippen LogP contribution in [0.2, 0.25) is 0 Å². The van der Waals surface area contributed by atoms with Crippen molar-refractivity contribution in [3.05, 3.63) is 42.0 Å². The van der Waals surface area contributed by atoms with E-state index in [4.69, 9.17) is 22.7 Å². The summed E-state index contributed by atoms with van der Waals surface area (Å²) in [6, 6.07) is 12.0. The Morgan fingerprint density at radius 2 is 1.83 bits per heavy atom. The standard InChI is InChI=1S/C15H15NOS/c16-15(18)13-8-9-14(17-10-4-3-5-10)12-7-2-1-6-11(12)13/h1-2,6-10H,3-5H2,(H2,16,18). The van der Waals surface area contributed by atoms with Gasteiger partial charge in [-0.15, -0.1) is 0 Å². The number of rotatable bonds is 3. The number of thiocarbonyl (C=S) groups is 1. The quantitative estimate of drug-likeness (QED) is 0.856. The molecule has 1 saturated carbocycles. The first kappa shape index (κ1) is 11.5. The van der Waals surface area contributed by atoms with Crippen molar-refractivity contribution in [2.75, 3.05) is 0 Å². The molecular formula is C15H15NOS. The van der Waals surface area contributed by atoms with Gasteiger partial charge >= 0.3 is 0 Å². The molecule has 0 amide bonds. The van der Waals surface area contributed by atoms with Gasteiger partial charge < -0.3 is 10.5 Å². The molecule has 0 unspecified atom stereocenters. The van der Waals surface area contributed by atoms with Crippen molar-refractivity contribution < 1.29 is 4.74 Å². The Morgan fingerprint density at radius 1 is 1.11 bits per heavy atom. The Labute approximate surface area is 112 Å². The van der Waals surface area contributed by atoms with Crippen LogP contribution in [-0.2, 0) is 0 Å². The minimum absolute atomic E-state index is 0.379. The molecule has 0 heterocycles. The monoisotopic (exact) mass is 257 g/mol. The second kappa shape index (κ2) is 4.58. The van der Waals surface area contributed by atoms with Crippen LogP contribution in [-0.4, -0.2) is 11.1 Å². The van der Waals surface area contributed by atoms with Gasteiger partial charge in [0.25, 0.3) is 0 Å². The van der Waals surface area contributed by atoms with Crippen LogP contribution in [0.1, 0.15) is 24.8 Å². The Morgan fingerprint density at radius 3 is 2.44 bits per heavy atom. The molecule has 0 spiro atoms. The van der Waals surface area contributed by atoms with Gasteiger partial charge in [0.2, 0.25) is 0 Å². The van der Waals surface area contributed by atoms with Gasteiger partial charge in [-0.25, -0.2) is 0 Å². The summed E-state index contributed by atoms with van der Waals surface area (Å²) >= 11 is 5.09. The fourth-order valence-electron chi connectivity index (χ4n) is 2.26. The fourth-order valence-corrected chi connectivity index (χ4v) is 2.44. The number of hydrogen-bond acceptors (Lipinski definition) is 2. The number of nitrogens with two attached hydrogens (primary N) is 1. The lowest BCUT2D eigenvalue weighted by atomic mass is 9.96. The van der Waals surface area contributed by atoms with Crippen molar-refractivity contribution in [3.8, 4) is 5.75 Å². The van der Waals surface area contributed by atoms with Gasteiger partial charge in [-0.3, -0.25) is 0 Å². The molecule has 2 aromatic rings. The normalized spacial score (nSPS) is 15.3. The van der Waals surface area contributed by atoms with Crippen LogP contribution in [0.3, 0.4) is 0 Å². The molecule has 0 radical (unpaired) electrons. The van der Waals surface area contributed by atoms with Crippen molar-refractivity contribution >= 4 is 28.0 Å². The van der Waals surface area contributed by atoms with E-state index in [9.17, 15) is 0 Å². The van der Waals surface area contributed by atoms with Crippen molar-refractivity contribution in [1.29, 1.82) is 0 Å². The molecule has 0 bridgehead atoms. The van der Waals surface area contributed by atoms with E-state index in [1.807, 2.05) is 30.3 Å². The van der Waals surface area contributed by atoms with E-state index in [0.717, 1.165) is 34.9 Å². The maximum atomic E-state index is 6.01. The molecule has 0 atom stereocenters. The molecule has 2 nitrogen and oxygen atoms in total. The second-order valence-corrected chi connectivity index (χ2v) is 5.13. The summed E-state index contributed by atoms with van der Waals surface area (Å²) in [6.07, 6.45) is 3.97. The summed E-state index contributed by atoms with van der Waals surface area (Å²) in [7, 11) is 0. The van der Waals surface area contributed by atoms with Gasteiger partial charge in [-0.05, 0) is 36.8 Å². The van der Waals surface area contributed by atoms with E-state index >= 15 is 0 Å². The smallest absolute Gasteiger partial charge is 0.127 e. The van der Waals surface area contributed by atoms with E-state index in [-0.39, 0.29) is 0 Å². The van der Waals surface area contributed by atoms with Crippen LogP contribution in [0.4, 0.5) is 0 Å². The molecular weight excluding hydrogens is 242 g/mol. The lowest BCUT2D eigenvalue weighted by Gasteiger charge is -2.27. The Bertz CT molecular complexity index is 604. The molecule has 1 fully saturated rings. The van der Waals surface area contributed by atoms with E-state index in [1.54, 1.807) is 0 Å². The van der Waals surface area contributed by atoms with Crippen LogP contribution in [0.5, 0.6) is 5.75 Å². The molecule has 0 saturated heterocycles. The molecule has 1 aliphatic rings. The van der Waals surface area contributed by atoms with Gasteiger partial charge in [-0.1, -0.05) is 36.5 Å². The Balaban J connectivity index is 2.10. The van der Waals surface area contributed by atoms with Crippen molar-refractivity contribution in [2.45, 2.75) is 25.4 Å². The van der Waals surface area contributed by atoms with Gasteiger partial charge in [-0.2, -0.15) is 0 Å². The van der Waals surface area contributed by atoms with Crippen LogP contribution < -0.4 is 10.5 Å².